The van der Waals surface area contributed by atoms with E-state index in [0.29, 0.717) is 27.8 Å². The van der Waals surface area contributed by atoms with Gasteiger partial charge in [0.15, 0.2) is 5.75 Å². The van der Waals surface area contributed by atoms with Crippen molar-refractivity contribution in [3.63, 3.8) is 0 Å². The number of nitrogens with zero attached hydrogens (tertiary/aromatic N) is 1. The summed E-state index contributed by atoms with van der Waals surface area (Å²) in [6.07, 6.45) is 0. The second-order valence-corrected chi connectivity index (χ2v) is 9.75. The number of sulfonamides is 1. The molecule has 0 aromatic heterocycles. The number of aryl methyl sites for hydroxylation is 2. The number of anilines is 2. The Kier molecular flexibility index (Phi) is 5.37. The molecule has 1 heterocycles. The number of amides is 1. The highest BCUT2D eigenvalue weighted by Gasteiger charge is 2.27. The smallest absolute Gasteiger partial charge is 0.263 e. The monoisotopic (exact) mass is 476 g/mol. The number of benzene rings is 3. The SMILES string of the molecule is Cc1ccc2c(c1)N(C)C(=O)c1cc(NS(=O)(=O)c3cc(C)c(Cl)cc3Cl)ccc1O2. The molecule has 1 N–H and O–H groups in total. The number of rotatable bonds is 3. The van der Waals surface area contributed by atoms with E-state index < -0.39 is 10.0 Å². The Morgan fingerprint density at radius 2 is 1.65 bits per heavy atom. The molecular weight excluding hydrogens is 459 g/mol. The van der Waals surface area contributed by atoms with Gasteiger partial charge in [-0.3, -0.25) is 9.52 Å². The van der Waals surface area contributed by atoms with E-state index in [1.165, 1.54) is 29.2 Å². The molecule has 0 saturated heterocycles. The van der Waals surface area contributed by atoms with Crippen molar-refractivity contribution in [3.8, 4) is 11.5 Å². The van der Waals surface area contributed by atoms with Gasteiger partial charge in [-0.2, -0.15) is 0 Å². The number of ether oxygens (including phenoxy) is 1. The van der Waals surface area contributed by atoms with Crippen LogP contribution in [0.5, 0.6) is 11.5 Å². The van der Waals surface area contributed by atoms with Gasteiger partial charge in [-0.05, 0) is 67.4 Å². The lowest BCUT2D eigenvalue weighted by molar-refractivity contribution is 0.0993. The van der Waals surface area contributed by atoms with Gasteiger partial charge in [0.1, 0.15) is 10.6 Å². The average molecular weight is 477 g/mol. The fraction of sp³-hybridized carbons (Fsp3) is 0.136. The lowest BCUT2D eigenvalue weighted by Crippen LogP contribution is -2.25. The third-order valence-electron chi connectivity index (χ3n) is 4.97. The highest BCUT2D eigenvalue weighted by atomic mass is 35.5. The maximum atomic E-state index is 13.1. The van der Waals surface area contributed by atoms with Crippen molar-refractivity contribution in [2.24, 2.45) is 0 Å². The van der Waals surface area contributed by atoms with E-state index in [-0.39, 0.29) is 27.1 Å². The van der Waals surface area contributed by atoms with E-state index in [1.807, 2.05) is 19.1 Å². The molecule has 0 fully saturated rings. The van der Waals surface area contributed by atoms with Crippen LogP contribution < -0.4 is 14.4 Å². The number of carbonyl (C=O) groups excluding carboxylic acids is 1. The fourth-order valence-corrected chi connectivity index (χ4v) is 5.16. The number of hydrogen-bond acceptors (Lipinski definition) is 4. The van der Waals surface area contributed by atoms with Crippen LogP contribution >= 0.6 is 23.2 Å². The van der Waals surface area contributed by atoms with Gasteiger partial charge in [-0.1, -0.05) is 29.3 Å². The number of fused-ring (bicyclic) bond motifs is 2. The molecule has 0 saturated carbocycles. The van der Waals surface area contributed by atoms with E-state index >= 15 is 0 Å². The molecule has 31 heavy (non-hydrogen) atoms. The second-order valence-electron chi connectivity index (χ2n) is 7.29. The molecule has 160 valence electrons. The number of nitrogens with one attached hydrogen (secondary N) is 1. The summed E-state index contributed by atoms with van der Waals surface area (Å²) < 4.78 is 34.3. The summed E-state index contributed by atoms with van der Waals surface area (Å²) in [7, 11) is -2.37. The molecule has 1 aliphatic heterocycles. The molecule has 0 atom stereocenters. The van der Waals surface area contributed by atoms with E-state index in [4.69, 9.17) is 27.9 Å². The van der Waals surface area contributed by atoms with Gasteiger partial charge in [0.05, 0.1) is 16.3 Å². The Hall–Kier alpha value is -2.74. The van der Waals surface area contributed by atoms with Crippen LogP contribution in [0.2, 0.25) is 10.0 Å². The van der Waals surface area contributed by atoms with Crippen LogP contribution in [0.15, 0.2) is 53.4 Å². The molecule has 3 aromatic rings. The van der Waals surface area contributed by atoms with Crippen LogP contribution in [-0.2, 0) is 10.0 Å². The molecule has 0 bridgehead atoms. The molecule has 3 aromatic carbocycles. The van der Waals surface area contributed by atoms with Crippen molar-refractivity contribution in [2.75, 3.05) is 16.7 Å². The lowest BCUT2D eigenvalue weighted by atomic mass is 10.1. The van der Waals surface area contributed by atoms with Crippen molar-refractivity contribution in [2.45, 2.75) is 18.7 Å². The van der Waals surface area contributed by atoms with Crippen LogP contribution in [-0.4, -0.2) is 21.4 Å². The molecule has 0 aliphatic carbocycles. The van der Waals surface area contributed by atoms with Crippen LogP contribution in [0.25, 0.3) is 0 Å². The summed E-state index contributed by atoms with van der Waals surface area (Å²) in [5.74, 6) is 0.556. The van der Waals surface area contributed by atoms with E-state index in [9.17, 15) is 13.2 Å². The Balaban J connectivity index is 1.72. The molecule has 0 spiro atoms. The summed E-state index contributed by atoms with van der Waals surface area (Å²) in [5.41, 5.74) is 2.62. The maximum Gasteiger partial charge on any atom is 0.263 e. The van der Waals surface area contributed by atoms with Gasteiger partial charge in [0.25, 0.3) is 15.9 Å². The zero-order chi connectivity index (χ0) is 22.5. The number of hydrogen-bond donors (Lipinski definition) is 1. The standard InChI is InChI=1S/C22H18Cl2N2O4S/c1-12-4-6-20-18(8-12)26(3)22(27)15-10-14(5-7-19(15)30-20)25-31(28,29)21-9-13(2)16(23)11-17(21)24/h4-11,25H,1-3H3. The minimum Gasteiger partial charge on any atom is -0.454 e. The summed E-state index contributed by atoms with van der Waals surface area (Å²) >= 11 is 12.1. The maximum absolute atomic E-state index is 13.1. The topological polar surface area (TPSA) is 75.7 Å². The zero-order valence-electron chi connectivity index (χ0n) is 16.9. The first-order valence-corrected chi connectivity index (χ1v) is 11.5. The van der Waals surface area contributed by atoms with Crippen molar-refractivity contribution >= 4 is 50.5 Å². The van der Waals surface area contributed by atoms with Gasteiger partial charge in [-0.25, -0.2) is 8.42 Å². The average Bonchev–Trinajstić information content (AvgIpc) is 2.80. The second kappa shape index (κ2) is 7.75. The molecule has 1 aliphatic rings. The first-order chi connectivity index (χ1) is 14.6. The quantitative estimate of drug-likeness (QED) is 0.518. The minimum absolute atomic E-state index is 0.00261. The third-order valence-corrected chi connectivity index (χ3v) is 7.22. The van der Waals surface area contributed by atoms with Crippen molar-refractivity contribution in [3.05, 3.63) is 75.3 Å². The molecular formula is C22H18Cl2N2O4S. The molecule has 9 heteroatoms. The largest absolute Gasteiger partial charge is 0.454 e. The molecule has 0 radical (unpaired) electrons. The van der Waals surface area contributed by atoms with Gasteiger partial charge in [0.2, 0.25) is 0 Å². The van der Waals surface area contributed by atoms with Crippen molar-refractivity contribution < 1.29 is 17.9 Å². The lowest BCUT2D eigenvalue weighted by Gasteiger charge is -2.17. The third kappa shape index (κ3) is 3.96. The summed E-state index contributed by atoms with van der Waals surface area (Å²) in [5, 5.41) is 0.373. The summed E-state index contributed by atoms with van der Waals surface area (Å²) in [6, 6.07) is 12.9. The minimum atomic E-state index is -4.02. The fourth-order valence-electron chi connectivity index (χ4n) is 3.28. The summed E-state index contributed by atoms with van der Waals surface area (Å²) in [4.78, 5) is 14.4. The van der Waals surface area contributed by atoms with E-state index in [2.05, 4.69) is 4.72 Å². The first-order valence-electron chi connectivity index (χ1n) is 9.26. The predicted molar refractivity (Wildman–Crippen MR) is 122 cm³/mol. The van der Waals surface area contributed by atoms with Gasteiger partial charge < -0.3 is 9.64 Å². The number of carbonyl (C=O) groups is 1. The van der Waals surface area contributed by atoms with Crippen LogP contribution in [0, 0.1) is 13.8 Å². The molecule has 6 nitrogen and oxygen atoms in total. The van der Waals surface area contributed by atoms with E-state index in [0.717, 1.165) is 5.56 Å². The van der Waals surface area contributed by atoms with Crippen LogP contribution in [0.3, 0.4) is 0 Å². The van der Waals surface area contributed by atoms with Gasteiger partial charge >= 0.3 is 0 Å². The normalized spacial score (nSPS) is 13.2. The molecule has 4 rings (SSSR count). The van der Waals surface area contributed by atoms with E-state index in [1.54, 1.807) is 26.1 Å². The Bertz CT molecular complexity index is 1340. The van der Waals surface area contributed by atoms with Crippen LogP contribution in [0.1, 0.15) is 21.5 Å². The predicted octanol–water partition coefficient (Wildman–Crippen LogP) is 5.79. The Labute approximate surface area is 190 Å². The van der Waals surface area contributed by atoms with Gasteiger partial charge in [-0.15, -0.1) is 0 Å². The number of halogens is 2. The van der Waals surface area contributed by atoms with Crippen molar-refractivity contribution in [1.82, 2.24) is 0 Å². The highest BCUT2D eigenvalue weighted by molar-refractivity contribution is 7.92. The van der Waals surface area contributed by atoms with Crippen molar-refractivity contribution in [1.29, 1.82) is 0 Å². The van der Waals surface area contributed by atoms with Crippen LogP contribution in [0.4, 0.5) is 11.4 Å². The zero-order valence-corrected chi connectivity index (χ0v) is 19.2. The Morgan fingerprint density at radius 1 is 0.935 bits per heavy atom. The molecule has 1 amide bonds. The first kappa shape index (κ1) is 21.5. The highest BCUT2D eigenvalue weighted by Crippen LogP contribution is 2.40. The molecule has 0 unspecified atom stereocenters. The Morgan fingerprint density at radius 3 is 2.39 bits per heavy atom. The van der Waals surface area contributed by atoms with Gasteiger partial charge in [0, 0.05) is 17.8 Å². The summed E-state index contributed by atoms with van der Waals surface area (Å²) in [6.45, 7) is 3.61.